The van der Waals surface area contributed by atoms with Gasteiger partial charge < -0.3 is 20.6 Å². The van der Waals surface area contributed by atoms with E-state index < -0.39 is 6.04 Å². The number of hydrogen-bond donors (Lipinski definition) is 3. The van der Waals surface area contributed by atoms with Crippen LogP contribution in [-0.4, -0.2) is 57.9 Å². The van der Waals surface area contributed by atoms with Crippen molar-refractivity contribution in [3.63, 3.8) is 0 Å². The molecule has 0 bridgehead atoms. The van der Waals surface area contributed by atoms with Gasteiger partial charge in [0.2, 0.25) is 5.91 Å². The van der Waals surface area contributed by atoms with Gasteiger partial charge in [-0.25, -0.2) is 0 Å². The number of benzene rings is 2. The predicted molar refractivity (Wildman–Crippen MR) is 137 cm³/mol. The second-order valence-electron chi connectivity index (χ2n) is 9.78. The van der Waals surface area contributed by atoms with Crippen LogP contribution in [0, 0.1) is 11.8 Å². The smallest absolute Gasteiger partial charge is 0.239 e. The van der Waals surface area contributed by atoms with Gasteiger partial charge in [0.05, 0.1) is 6.04 Å². The van der Waals surface area contributed by atoms with Crippen molar-refractivity contribution in [3.05, 3.63) is 70.0 Å². The molecule has 2 aromatic heterocycles. The van der Waals surface area contributed by atoms with E-state index in [0.717, 1.165) is 59.7 Å². The highest BCUT2D eigenvalue weighted by Crippen LogP contribution is 2.33. The Morgan fingerprint density at radius 2 is 1.59 bits per heavy atom. The topological polar surface area (TPSA) is 81.2 Å². The van der Waals surface area contributed by atoms with Gasteiger partial charge in [-0.2, -0.15) is 0 Å². The van der Waals surface area contributed by atoms with Gasteiger partial charge in [-0.3, -0.25) is 9.69 Å². The molecule has 4 aromatic rings. The van der Waals surface area contributed by atoms with Crippen molar-refractivity contribution >= 4 is 50.9 Å². The Balaban J connectivity index is 1.07. The molecule has 8 heteroatoms. The number of hydrogen-bond acceptors (Lipinski definition) is 3. The lowest BCUT2D eigenvalue weighted by atomic mass is 10.0. The highest BCUT2D eigenvalue weighted by atomic mass is 35.5. The van der Waals surface area contributed by atoms with Gasteiger partial charge in [-0.15, -0.1) is 0 Å². The molecule has 2 fully saturated rings. The average Bonchev–Trinajstić information content (AvgIpc) is 3.57. The number of H-pyrrole nitrogens is 2. The molecule has 176 valence electrons. The summed E-state index contributed by atoms with van der Waals surface area (Å²) in [6.45, 7) is 4.47. The fraction of sp³-hybridized carbons (Fsp3) is 0.346. The molecule has 6 nitrogen and oxygen atoms in total. The van der Waals surface area contributed by atoms with E-state index >= 15 is 0 Å². The van der Waals surface area contributed by atoms with Gasteiger partial charge in [-0.1, -0.05) is 29.3 Å². The average molecular weight is 496 g/mol. The summed E-state index contributed by atoms with van der Waals surface area (Å²) in [5, 5.41) is 3.70. The Morgan fingerprint density at radius 1 is 0.912 bits per heavy atom. The minimum absolute atomic E-state index is 0.0514. The first kappa shape index (κ1) is 22.0. The minimum Gasteiger partial charge on any atom is -0.361 e. The molecule has 4 N–H and O–H groups in total. The van der Waals surface area contributed by atoms with E-state index in [2.05, 4.69) is 21.1 Å². The van der Waals surface area contributed by atoms with Crippen LogP contribution in [0.5, 0.6) is 0 Å². The standard InChI is InChI=1S/C26H27Cl2N5O/c27-19-2-4-24-22(6-19)16(9-30-24)10-32-11-17-13-33(14-18(17)12-32)26(34)23(29)5-15-8-31-25-7-20(28)1-3-21(15)25/h1-4,6-9,17-18,23,30-31H,5,10-14,29H2/t17?,18?,23-/m0/s1. The molecule has 0 aliphatic carbocycles. The van der Waals surface area contributed by atoms with Crippen LogP contribution in [-0.2, 0) is 17.8 Å². The number of amides is 1. The van der Waals surface area contributed by atoms with Crippen molar-refractivity contribution in [1.29, 1.82) is 0 Å². The summed E-state index contributed by atoms with van der Waals surface area (Å²) in [5.41, 5.74) is 10.8. The monoisotopic (exact) mass is 495 g/mol. The maximum atomic E-state index is 13.1. The third kappa shape index (κ3) is 3.99. The van der Waals surface area contributed by atoms with Crippen LogP contribution < -0.4 is 5.73 Å². The molecule has 0 radical (unpaired) electrons. The molecule has 2 aliphatic heterocycles. The molecule has 3 atom stereocenters. The van der Waals surface area contributed by atoms with E-state index in [9.17, 15) is 4.79 Å². The van der Waals surface area contributed by atoms with Crippen LogP contribution in [0.25, 0.3) is 21.8 Å². The summed E-state index contributed by atoms with van der Waals surface area (Å²) >= 11 is 12.3. The first-order valence-corrected chi connectivity index (χ1v) is 12.5. The van der Waals surface area contributed by atoms with Crippen LogP contribution in [0.15, 0.2) is 48.8 Å². The van der Waals surface area contributed by atoms with Crippen LogP contribution in [0.3, 0.4) is 0 Å². The number of carbonyl (C=O) groups is 1. The summed E-state index contributed by atoms with van der Waals surface area (Å²) in [7, 11) is 0. The fourth-order valence-electron chi connectivity index (χ4n) is 5.81. The largest absolute Gasteiger partial charge is 0.361 e. The third-order valence-electron chi connectivity index (χ3n) is 7.48. The number of aromatic amines is 2. The highest BCUT2D eigenvalue weighted by Gasteiger charge is 2.42. The van der Waals surface area contributed by atoms with Crippen molar-refractivity contribution in [3.8, 4) is 0 Å². The zero-order chi connectivity index (χ0) is 23.4. The van der Waals surface area contributed by atoms with Gasteiger partial charge in [0.1, 0.15) is 0 Å². The number of nitrogens with zero attached hydrogens (tertiary/aromatic N) is 2. The van der Waals surface area contributed by atoms with Crippen molar-refractivity contribution < 1.29 is 4.79 Å². The number of rotatable bonds is 5. The molecule has 2 saturated heterocycles. The third-order valence-corrected chi connectivity index (χ3v) is 7.95. The molecular formula is C26H27Cl2N5O. The number of aromatic nitrogens is 2. The number of likely N-dealkylation sites (tertiary alicyclic amines) is 2. The molecule has 34 heavy (non-hydrogen) atoms. The van der Waals surface area contributed by atoms with Gasteiger partial charge in [0.25, 0.3) is 0 Å². The van der Waals surface area contributed by atoms with E-state index in [0.29, 0.717) is 23.3 Å². The SMILES string of the molecule is N[C@@H](Cc1c[nH]c2cc(Cl)ccc12)C(=O)N1CC2CN(Cc3c[nH]c4ccc(Cl)cc34)CC2C1. The molecule has 2 aliphatic rings. The summed E-state index contributed by atoms with van der Waals surface area (Å²) in [4.78, 5) is 24.2. The fourth-order valence-corrected chi connectivity index (χ4v) is 6.15. The number of nitrogens with two attached hydrogens (primary N) is 1. The predicted octanol–water partition coefficient (Wildman–Crippen LogP) is 4.42. The van der Waals surface area contributed by atoms with Gasteiger partial charge >= 0.3 is 0 Å². The summed E-state index contributed by atoms with van der Waals surface area (Å²) < 4.78 is 0. The van der Waals surface area contributed by atoms with Gasteiger partial charge in [-0.05, 0) is 59.7 Å². The van der Waals surface area contributed by atoms with E-state index in [4.69, 9.17) is 28.9 Å². The molecule has 0 saturated carbocycles. The highest BCUT2D eigenvalue weighted by molar-refractivity contribution is 6.31. The molecule has 4 heterocycles. The number of nitrogens with one attached hydrogen (secondary N) is 2. The van der Waals surface area contributed by atoms with Crippen LogP contribution in [0.1, 0.15) is 11.1 Å². The van der Waals surface area contributed by atoms with E-state index in [1.165, 1.54) is 10.9 Å². The zero-order valence-electron chi connectivity index (χ0n) is 18.7. The summed E-state index contributed by atoms with van der Waals surface area (Å²) in [5.74, 6) is 1.05. The summed E-state index contributed by atoms with van der Waals surface area (Å²) in [6.07, 6.45) is 4.53. The van der Waals surface area contributed by atoms with Gasteiger partial charge in [0.15, 0.2) is 0 Å². The molecule has 2 aromatic carbocycles. The van der Waals surface area contributed by atoms with Crippen LogP contribution in [0.2, 0.25) is 10.0 Å². The minimum atomic E-state index is -0.541. The van der Waals surface area contributed by atoms with Crippen molar-refractivity contribution in [2.75, 3.05) is 26.2 Å². The quantitative estimate of drug-likeness (QED) is 0.383. The van der Waals surface area contributed by atoms with E-state index in [1.807, 2.05) is 47.5 Å². The Bertz CT molecular complexity index is 1360. The first-order chi connectivity index (χ1) is 16.4. The lowest BCUT2D eigenvalue weighted by molar-refractivity contribution is -0.131. The maximum Gasteiger partial charge on any atom is 0.239 e. The van der Waals surface area contributed by atoms with E-state index in [-0.39, 0.29) is 5.91 Å². The Kier molecular flexibility index (Phi) is 5.57. The van der Waals surface area contributed by atoms with Crippen LogP contribution in [0.4, 0.5) is 0 Å². The Labute approximate surface area is 208 Å². The molecular weight excluding hydrogens is 469 g/mol. The molecule has 1 amide bonds. The number of halogens is 2. The first-order valence-electron chi connectivity index (χ1n) is 11.7. The zero-order valence-corrected chi connectivity index (χ0v) is 20.2. The number of carbonyl (C=O) groups excluding carboxylic acids is 1. The normalized spacial score (nSPS) is 21.6. The van der Waals surface area contributed by atoms with Crippen molar-refractivity contribution in [1.82, 2.24) is 19.8 Å². The maximum absolute atomic E-state index is 13.1. The second kappa shape index (κ2) is 8.61. The Hall–Kier alpha value is -2.51. The molecule has 2 unspecified atom stereocenters. The van der Waals surface area contributed by atoms with E-state index in [1.54, 1.807) is 0 Å². The summed E-state index contributed by atoms with van der Waals surface area (Å²) in [6, 6.07) is 11.2. The molecule has 0 spiro atoms. The lowest BCUT2D eigenvalue weighted by Gasteiger charge is -2.24. The van der Waals surface area contributed by atoms with Crippen LogP contribution >= 0.6 is 23.2 Å². The molecule has 6 rings (SSSR count). The second-order valence-corrected chi connectivity index (χ2v) is 10.6. The lowest BCUT2D eigenvalue weighted by Crippen LogP contribution is -2.45. The Morgan fingerprint density at radius 3 is 2.38 bits per heavy atom. The number of fused-ring (bicyclic) bond motifs is 3. The van der Waals surface area contributed by atoms with Crippen molar-refractivity contribution in [2.24, 2.45) is 17.6 Å². The van der Waals surface area contributed by atoms with Crippen molar-refractivity contribution in [2.45, 2.75) is 19.0 Å². The van der Waals surface area contributed by atoms with Gasteiger partial charge in [0, 0.05) is 77.0 Å².